The van der Waals surface area contributed by atoms with Gasteiger partial charge in [0.05, 0.1) is 22.8 Å². The quantitative estimate of drug-likeness (QED) is 0.411. The van der Waals surface area contributed by atoms with Crippen molar-refractivity contribution < 1.29 is 9.59 Å². The van der Waals surface area contributed by atoms with Crippen molar-refractivity contribution in [1.29, 1.82) is 0 Å². The zero-order chi connectivity index (χ0) is 22.3. The molecule has 2 amide bonds. The Bertz CT molecular complexity index is 1280. The standard InChI is InChI=1S/C27H23N3O2/c1-19(20-9-3-2-4-10-20)29-27(32)23-14-5-6-15-24(23)30-25(31)17-16-22-12-7-11-21-13-8-18-28-26(21)22/h2-19H,1H3,(H,29,32)(H,30,31)/b17-16+. The summed E-state index contributed by atoms with van der Waals surface area (Å²) >= 11 is 0. The molecule has 32 heavy (non-hydrogen) atoms. The Morgan fingerprint density at radius 3 is 2.47 bits per heavy atom. The minimum atomic E-state index is -0.325. The van der Waals surface area contributed by atoms with Gasteiger partial charge < -0.3 is 10.6 Å². The van der Waals surface area contributed by atoms with Crippen LogP contribution in [-0.2, 0) is 4.79 Å². The molecule has 1 aromatic heterocycles. The Labute approximate surface area is 186 Å². The number of hydrogen-bond donors (Lipinski definition) is 2. The summed E-state index contributed by atoms with van der Waals surface area (Å²) in [5.41, 5.74) is 3.54. The molecule has 0 spiro atoms. The lowest BCUT2D eigenvalue weighted by molar-refractivity contribution is -0.111. The molecule has 0 saturated carbocycles. The van der Waals surface area contributed by atoms with Crippen LogP contribution in [0.5, 0.6) is 0 Å². The minimum absolute atomic E-state index is 0.161. The van der Waals surface area contributed by atoms with Crippen molar-refractivity contribution in [2.75, 3.05) is 5.32 Å². The first-order chi connectivity index (χ1) is 15.6. The van der Waals surface area contributed by atoms with E-state index in [9.17, 15) is 9.59 Å². The summed E-state index contributed by atoms with van der Waals surface area (Å²) in [7, 11) is 0. The van der Waals surface area contributed by atoms with E-state index in [0.717, 1.165) is 22.0 Å². The average molecular weight is 422 g/mol. The SMILES string of the molecule is CC(NC(=O)c1ccccc1NC(=O)/C=C/c1cccc2cccnc12)c1ccccc1. The number of anilines is 1. The molecular weight excluding hydrogens is 398 g/mol. The molecule has 0 aliphatic carbocycles. The molecule has 0 aliphatic heterocycles. The number of nitrogens with one attached hydrogen (secondary N) is 2. The van der Waals surface area contributed by atoms with Crippen molar-refractivity contribution in [3.8, 4) is 0 Å². The van der Waals surface area contributed by atoms with Gasteiger partial charge in [-0.2, -0.15) is 0 Å². The highest BCUT2D eigenvalue weighted by atomic mass is 16.2. The first-order valence-corrected chi connectivity index (χ1v) is 10.4. The molecule has 4 rings (SSSR count). The van der Waals surface area contributed by atoms with Gasteiger partial charge in [0.2, 0.25) is 5.91 Å². The molecule has 0 bridgehead atoms. The number of benzene rings is 3. The third kappa shape index (κ3) is 4.90. The van der Waals surface area contributed by atoms with E-state index < -0.39 is 0 Å². The number of carbonyl (C=O) groups excluding carboxylic acids is 2. The van der Waals surface area contributed by atoms with Crippen LogP contribution >= 0.6 is 0 Å². The van der Waals surface area contributed by atoms with Gasteiger partial charge in [0.15, 0.2) is 0 Å². The van der Waals surface area contributed by atoms with Crippen LogP contribution in [0.1, 0.15) is 34.5 Å². The fourth-order valence-corrected chi connectivity index (χ4v) is 3.49. The molecule has 2 N–H and O–H groups in total. The van der Waals surface area contributed by atoms with Gasteiger partial charge in [-0.3, -0.25) is 14.6 Å². The zero-order valence-electron chi connectivity index (χ0n) is 17.7. The van der Waals surface area contributed by atoms with E-state index in [2.05, 4.69) is 15.6 Å². The Balaban J connectivity index is 1.48. The van der Waals surface area contributed by atoms with Gasteiger partial charge in [-0.25, -0.2) is 0 Å². The molecule has 0 aliphatic rings. The monoisotopic (exact) mass is 421 g/mol. The molecule has 1 atom stereocenters. The predicted octanol–water partition coefficient (Wildman–Crippen LogP) is 5.38. The van der Waals surface area contributed by atoms with E-state index in [0.29, 0.717) is 11.3 Å². The number of para-hydroxylation sites is 2. The maximum Gasteiger partial charge on any atom is 0.253 e. The van der Waals surface area contributed by atoms with Crippen molar-refractivity contribution in [1.82, 2.24) is 10.3 Å². The summed E-state index contributed by atoms with van der Waals surface area (Å²) in [6.07, 6.45) is 4.90. The van der Waals surface area contributed by atoms with E-state index in [1.165, 1.54) is 6.08 Å². The molecule has 1 unspecified atom stereocenters. The van der Waals surface area contributed by atoms with Crippen LogP contribution in [0.15, 0.2) is 97.2 Å². The van der Waals surface area contributed by atoms with Gasteiger partial charge in [-0.15, -0.1) is 0 Å². The second-order valence-corrected chi connectivity index (χ2v) is 7.40. The van der Waals surface area contributed by atoms with Crippen molar-refractivity contribution in [2.45, 2.75) is 13.0 Å². The predicted molar refractivity (Wildman–Crippen MR) is 128 cm³/mol. The third-order valence-corrected chi connectivity index (χ3v) is 5.15. The van der Waals surface area contributed by atoms with E-state index in [1.54, 1.807) is 36.5 Å². The molecule has 158 valence electrons. The molecular formula is C27H23N3O2. The Morgan fingerprint density at radius 2 is 1.62 bits per heavy atom. The number of pyridine rings is 1. The number of carbonyl (C=O) groups is 2. The van der Waals surface area contributed by atoms with Gasteiger partial charge in [0, 0.05) is 23.2 Å². The molecule has 0 radical (unpaired) electrons. The minimum Gasteiger partial charge on any atom is -0.345 e. The molecule has 5 heteroatoms. The number of aromatic nitrogens is 1. The summed E-state index contributed by atoms with van der Waals surface area (Å²) < 4.78 is 0. The lowest BCUT2D eigenvalue weighted by Gasteiger charge is -2.16. The summed E-state index contributed by atoms with van der Waals surface area (Å²) in [6, 6.07) is 26.2. The molecule has 0 fully saturated rings. The first kappa shape index (κ1) is 21.0. The number of fused-ring (bicyclic) bond motifs is 1. The number of amides is 2. The van der Waals surface area contributed by atoms with Crippen LogP contribution in [0.25, 0.3) is 17.0 Å². The topological polar surface area (TPSA) is 71.1 Å². The highest BCUT2D eigenvalue weighted by molar-refractivity contribution is 6.08. The van der Waals surface area contributed by atoms with Crippen LogP contribution in [0, 0.1) is 0 Å². The van der Waals surface area contributed by atoms with Crippen molar-refractivity contribution in [2.24, 2.45) is 0 Å². The van der Waals surface area contributed by atoms with Crippen LogP contribution < -0.4 is 10.6 Å². The number of rotatable bonds is 6. The normalized spacial score (nSPS) is 11.9. The Morgan fingerprint density at radius 1 is 0.875 bits per heavy atom. The van der Waals surface area contributed by atoms with Gasteiger partial charge in [-0.1, -0.05) is 66.7 Å². The first-order valence-electron chi connectivity index (χ1n) is 10.4. The average Bonchev–Trinajstić information content (AvgIpc) is 2.83. The van der Waals surface area contributed by atoms with Crippen LogP contribution in [0.4, 0.5) is 5.69 Å². The van der Waals surface area contributed by atoms with Crippen LogP contribution in [0.2, 0.25) is 0 Å². The van der Waals surface area contributed by atoms with Gasteiger partial charge >= 0.3 is 0 Å². The molecule has 3 aromatic carbocycles. The summed E-state index contributed by atoms with van der Waals surface area (Å²) in [5.74, 6) is -0.575. The Hall–Kier alpha value is -4.25. The maximum absolute atomic E-state index is 12.9. The highest BCUT2D eigenvalue weighted by Crippen LogP contribution is 2.19. The van der Waals surface area contributed by atoms with Gasteiger partial charge in [0.25, 0.3) is 5.91 Å². The van der Waals surface area contributed by atoms with Gasteiger partial charge in [-0.05, 0) is 36.8 Å². The largest absolute Gasteiger partial charge is 0.345 e. The van der Waals surface area contributed by atoms with E-state index in [1.807, 2.05) is 67.6 Å². The lowest BCUT2D eigenvalue weighted by atomic mass is 10.1. The van der Waals surface area contributed by atoms with Crippen molar-refractivity contribution >= 4 is 34.5 Å². The number of hydrogen-bond acceptors (Lipinski definition) is 3. The molecule has 4 aromatic rings. The zero-order valence-corrected chi connectivity index (χ0v) is 17.7. The van der Waals surface area contributed by atoms with E-state index in [-0.39, 0.29) is 17.9 Å². The summed E-state index contributed by atoms with van der Waals surface area (Å²) in [4.78, 5) is 29.9. The lowest BCUT2D eigenvalue weighted by Crippen LogP contribution is -2.27. The molecule has 0 saturated heterocycles. The van der Waals surface area contributed by atoms with Crippen molar-refractivity contribution in [3.05, 3.63) is 114 Å². The van der Waals surface area contributed by atoms with Gasteiger partial charge in [0.1, 0.15) is 0 Å². The van der Waals surface area contributed by atoms with Crippen LogP contribution in [0.3, 0.4) is 0 Å². The van der Waals surface area contributed by atoms with E-state index in [4.69, 9.17) is 0 Å². The maximum atomic E-state index is 12.9. The fraction of sp³-hybridized carbons (Fsp3) is 0.0741. The Kier molecular flexibility index (Phi) is 6.37. The smallest absolute Gasteiger partial charge is 0.253 e. The molecule has 1 heterocycles. The fourth-order valence-electron chi connectivity index (χ4n) is 3.49. The van der Waals surface area contributed by atoms with Crippen LogP contribution in [-0.4, -0.2) is 16.8 Å². The number of nitrogens with zero attached hydrogens (tertiary/aromatic N) is 1. The second-order valence-electron chi connectivity index (χ2n) is 7.40. The molecule has 5 nitrogen and oxygen atoms in total. The summed E-state index contributed by atoms with van der Waals surface area (Å²) in [5, 5.41) is 6.81. The summed E-state index contributed by atoms with van der Waals surface area (Å²) in [6.45, 7) is 1.93. The second kappa shape index (κ2) is 9.71. The highest BCUT2D eigenvalue weighted by Gasteiger charge is 2.15. The van der Waals surface area contributed by atoms with E-state index >= 15 is 0 Å². The third-order valence-electron chi connectivity index (χ3n) is 5.15. The van der Waals surface area contributed by atoms with Crippen molar-refractivity contribution in [3.63, 3.8) is 0 Å².